The van der Waals surface area contributed by atoms with E-state index in [-0.39, 0.29) is 29.8 Å². The van der Waals surface area contributed by atoms with Crippen LogP contribution in [-0.2, 0) is 14.3 Å². The largest absolute Gasteiger partial charge is 0.475 e. The first-order valence-corrected chi connectivity index (χ1v) is 13.7. The normalized spacial score (nSPS) is 28.4. The highest BCUT2D eigenvalue weighted by Gasteiger charge is 2.42. The molecule has 37 heavy (non-hydrogen) atoms. The van der Waals surface area contributed by atoms with E-state index < -0.39 is 0 Å². The third-order valence-electron chi connectivity index (χ3n) is 8.00. The molecule has 5 aliphatic rings. The van der Waals surface area contributed by atoms with Crippen molar-refractivity contribution in [1.29, 1.82) is 0 Å². The Kier molecular flexibility index (Phi) is 8.24. The van der Waals surface area contributed by atoms with Gasteiger partial charge in [-0.2, -0.15) is 0 Å². The molecule has 10 nitrogen and oxygen atoms in total. The van der Waals surface area contributed by atoms with Gasteiger partial charge in [-0.3, -0.25) is 19.3 Å². The van der Waals surface area contributed by atoms with Gasteiger partial charge in [-0.05, 0) is 50.0 Å². The first-order chi connectivity index (χ1) is 18.0. The van der Waals surface area contributed by atoms with Crippen LogP contribution >= 0.6 is 0 Å². The number of likely N-dealkylation sites (tertiary alicyclic amines) is 1. The highest BCUT2D eigenvalue weighted by Crippen LogP contribution is 2.33. The summed E-state index contributed by atoms with van der Waals surface area (Å²) in [5, 5.41) is 3.12. The summed E-state index contributed by atoms with van der Waals surface area (Å²) < 4.78 is 11.4. The van der Waals surface area contributed by atoms with Crippen molar-refractivity contribution in [3.8, 4) is 5.88 Å². The summed E-state index contributed by atoms with van der Waals surface area (Å²) in [6, 6.07) is 4.84. The molecule has 1 aromatic rings. The van der Waals surface area contributed by atoms with E-state index in [0.717, 1.165) is 19.4 Å². The van der Waals surface area contributed by atoms with Crippen molar-refractivity contribution >= 4 is 17.7 Å². The number of carbonyl (C=O) groups is 3. The Hall–Kier alpha value is -2.72. The summed E-state index contributed by atoms with van der Waals surface area (Å²) in [6.07, 6.45) is 4.83. The Morgan fingerprint density at radius 2 is 1.86 bits per heavy atom. The van der Waals surface area contributed by atoms with Crippen LogP contribution in [0.1, 0.15) is 49.5 Å². The monoisotopic (exact) mass is 513 g/mol. The van der Waals surface area contributed by atoms with Crippen LogP contribution in [0.5, 0.6) is 5.88 Å². The highest BCUT2D eigenvalue weighted by atomic mass is 16.5. The van der Waals surface area contributed by atoms with Gasteiger partial charge in [-0.25, -0.2) is 4.98 Å². The van der Waals surface area contributed by atoms with Crippen LogP contribution in [0.15, 0.2) is 18.2 Å². The topological polar surface area (TPSA) is 104 Å². The van der Waals surface area contributed by atoms with Crippen molar-refractivity contribution < 1.29 is 23.9 Å². The number of nitrogens with one attached hydrogen (secondary N) is 1. The zero-order chi connectivity index (χ0) is 25.8. The smallest absolute Gasteiger partial charge is 0.270 e. The van der Waals surface area contributed by atoms with Crippen molar-refractivity contribution in [3.05, 3.63) is 23.9 Å². The molecule has 0 aromatic carbocycles. The fraction of sp³-hybridized carbons (Fsp3) is 0.704. The molecule has 6 rings (SSSR count). The van der Waals surface area contributed by atoms with Crippen LogP contribution < -0.4 is 10.1 Å². The number of piperidine rings is 1. The second-order valence-electron chi connectivity index (χ2n) is 10.9. The van der Waals surface area contributed by atoms with Crippen molar-refractivity contribution in [2.24, 2.45) is 11.8 Å². The zero-order valence-corrected chi connectivity index (χ0v) is 21.8. The lowest BCUT2D eigenvalue weighted by molar-refractivity contribution is -0.138. The van der Waals surface area contributed by atoms with Gasteiger partial charge in [0.25, 0.3) is 5.91 Å². The number of ether oxygens (including phenoxy) is 2. The average Bonchev–Trinajstić information content (AvgIpc) is 3.63. The number of fused-ring (bicyclic) bond motifs is 10. The molecule has 0 unspecified atom stereocenters. The van der Waals surface area contributed by atoms with Gasteiger partial charge >= 0.3 is 0 Å². The van der Waals surface area contributed by atoms with Crippen LogP contribution in [-0.4, -0.2) is 109 Å². The van der Waals surface area contributed by atoms with Crippen LogP contribution in [0.2, 0.25) is 0 Å². The third-order valence-corrected chi connectivity index (χ3v) is 8.00. The van der Waals surface area contributed by atoms with Crippen LogP contribution in [0.3, 0.4) is 0 Å². The maximum absolute atomic E-state index is 13.6. The van der Waals surface area contributed by atoms with E-state index in [9.17, 15) is 14.4 Å². The number of rotatable bonds is 2. The van der Waals surface area contributed by atoms with Gasteiger partial charge in [0.1, 0.15) is 12.3 Å². The van der Waals surface area contributed by atoms with Gasteiger partial charge in [-0.15, -0.1) is 0 Å². The lowest BCUT2D eigenvalue weighted by Crippen LogP contribution is -2.50. The van der Waals surface area contributed by atoms with E-state index in [4.69, 9.17) is 9.47 Å². The summed E-state index contributed by atoms with van der Waals surface area (Å²) in [4.78, 5) is 49.4. The standard InChI is InChI=1S/C27H39N5O5/c1-19(33)31-11-12-36-13-14-37-25-4-2-3-23(29-25)26(34)28-22-15-24(32(18-22)17-20-5-6-20)27(35)30-9-7-21(16-31)8-10-30/h2-4,20-22,24H,5-18H2,1H3,(H,28,34)/t22-,24+/m1/s1. The number of nitrogens with zero attached hydrogens (tertiary/aromatic N) is 4. The quantitative estimate of drug-likeness (QED) is 0.592. The summed E-state index contributed by atoms with van der Waals surface area (Å²) in [5.74, 6) is 1.37. The Balaban J connectivity index is 1.31. The van der Waals surface area contributed by atoms with Gasteiger partial charge in [0.15, 0.2) is 0 Å². The van der Waals surface area contributed by atoms with E-state index in [1.54, 1.807) is 25.1 Å². The van der Waals surface area contributed by atoms with Crippen LogP contribution in [0.4, 0.5) is 0 Å². The molecule has 1 saturated carbocycles. The van der Waals surface area contributed by atoms with Crippen LogP contribution in [0, 0.1) is 11.8 Å². The van der Waals surface area contributed by atoms with Crippen molar-refractivity contribution in [2.45, 2.75) is 51.1 Å². The summed E-state index contributed by atoms with van der Waals surface area (Å²) in [5.41, 5.74) is 0.298. The summed E-state index contributed by atoms with van der Waals surface area (Å²) in [7, 11) is 0. The van der Waals surface area contributed by atoms with Crippen molar-refractivity contribution in [3.63, 3.8) is 0 Å². The molecule has 2 saturated heterocycles. The molecule has 0 spiro atoms. The molecule has 1 aromatic heterocycles. The van der Waals surface area contributed by atoms with Gasteiger partial charge < -0.3 is 24.6 Å². The Labute approximate surface area is 218 Å². The van der Waals surface area contributed by atoms with Gasteiger partial charge in [0.2, 0.25) is 17.7 Å². The second kappa shape index (κ2) is 11.8. The van der Waals surface area contributed by atoms with Gasteiger partial charge in [0, 0.05) is 58.3 Å². The van der Waals surface area contributed by atoms with E-state index >= 15 is 0 Å². The number of hydrogen-bond acceptors (Lipinski definition) is 7. The zero-order valence-electron chi connectivity index (χ0n) is 21.8. The molecule has 5 heterocycles. The summed E-state index contributed by atoms with van der Waals surface area (Å²) >= 11 is 0. The average molecular weight is 514 g/mol. The number of carbonyl (C=O) groups excluding carboxylic acids is 3. The maximum atomic E-state index is 13.6. The molecule has 1 aliphatic carbocycles. The fourth-order valence-corrected chi connectivity index (χ4v) is 5.70. The molecule has 2 atom stereocenters. The number of pyridine rings is 1. The molecule has 202 valence electrons. The van der Waals surface area contributed by atoms with Gasteiger partial charge in [0.05, 0.1) is 19.3 Å². The molecule has 6 bridgehead atoms. The minimum absolute atomic E-state index is 0.0441. The van der Waals surface area contributed by atoms with Crippen LogP contribution in [0.25, 0.3) is 0 Å². The van der Waals surface area contributed by atoms with E-state index in [1.807, 2.05) is 9.80 Å². The molecular formula is C27H39N5O5. The molecule has 10 heteroatoms. The fourth-order valence-electron chi connectivity index (χ4n) is 5.70. The van der Waals surface area contributed by atoms with E-state index in [1.165, 1.54) is 12.8 Å². The molecule has 1 N–H and O–H groups in total. The third kappa shape index (κ3) is 6.78. The summed E-state index contributed by atoms with van der Waals surface area (Å²) in [6.45, 7) is 6.94. The molecule has 3 fully saturated rings. The second-order valence-corrected chi connectivity index (χ2v) is 10.9. The Bertz CT molecular complexity index is 978. The predicted molar refractivity (Wildman–Crippen MR) is 136 cm³/mol. The molecule has 3 amide bonds. The Morgan fingerprint density at radius 1 is 1.05 bits per heavy atom. The number of amides is 3. The molecular weight excluding hydrogens is 474 g/mol. The minimum Gasteiger partial charge on any atom is -0.475 e. The molecule has 4 aliphatic heterocycles. The number of hydrogen-bond donors (Lipinski definition) is 1. The highest BCUT2D eigenvalue weighted by molar-refractivity contribution is 5.92. The molecule has 0 radical (unpaired) electrons. The Morgan fingerprint density at radius 3 is 2.62 bits per heavy atom. The maximum Gasteiger partial charge on any atom is 0.270 e. The lowest BCUT2D eigenvalue weighted by Gasteiger charge is -2.37. The van der Waals surface area contributed by atoms with Crippen molar-refractivity contribution in [2.75, 3.05) is 59.1 Å². The van der Waals surface area contributed by atoms with Crippen molar-refractivity contribution in [1.82, 2.24) is 25.0 Å². The SMILES string of the molecule is CC(=O)N1CCOCCOc2cccc(n2)C(=O)N[C@@H]2C[C@@H](C(=O)N3CCC(CC3)C1)N(CC1CC1)C2. The van der Waals surface area contributed by atoms with Gasteiger partial charge in [-0.1, -0.05) is 6.07 Å². The first kappa shape index (κ1) is 25.9. The first-order valence-electron chi connectivity index (χ1n) is 13.7. The van der Waals surface area contributed by atoms with E-state index in [0.29, 0.717) is 82.4 Å². The minimum atomic E-state index is -0.248. The van der Waals surface area contributed by atoms with E-state index in [2.05, 4.69) is 15.2 Å². The predicted octanol–water partition coefficient (Wildman–Crippen LogP) is 1.16. The lowest BCUT2D eigenvalue weighted by atomic mass is 9.95. The number of aromatic nitrogens is 1.